The van der Waals surface area contributed by atoms with Gasteiger partial charge in [-0.3, -0.25) is 9.78 Å². The molecule has 0 atom stereocenters. The van der Waals surface area contributed by atoms with Crippen LogP contribution < -0.4 is 0 Å². The Labute approximate surface area is 90.5 Å². The fourth-order valence-electron chi connectivity index (χ4n) is 1.32. The van der Waals surface area contributed by atoms with Gasteiger partial charge in [0.25, 0.3) is 0 Å². The molecule has 70 valence electrons. The quantitative estimate of drug-likeness (QED) is 0.698. The lowest BCUT2D eigenvalue weighted by molar-refractivity contribution is 0.112. The Kier molecular flexibility index (Phi) is 2.40. The monoisotopic (exact) mass is 225 g/mol. The molecule has 2 rings (SSSR count). The first kappa shape index (κ1) is 9.44. The second-order valence-corrected chi connectivity index (χ2v) is 3.59. The molecular formula is C10H5Cl2NO. The standard InChI is InChI=1S/C10H5Cl2NO/c11-9-3-6(5-14)8-4-13-2-1-7(8)10(9)12/h1-5H. The van der Waals surface area contributed by atoms with Crippen LogP contribution in [0.15, 0.2) is 24.5 Å². The van der Waals surface area contributed by atoms with Crippen LogP contribution in [-0.2, 0) is 0 Å². The largest absolute Gasteiger partial charge is 0.298 e. The molecule has 0 spiro atoms. The number of benzene rings is 1. The van der Waals surface area contributed by atoms with Gasteiger partial charge in [0.1, 0.15) is 0 Å². The van der Waals surface area contributed by atoms with Gasteiger partial charge in [-0.25, -0.2) is 0 Å². The molecule has 0 aliphatic heterocycles. The predicted molar refractivity (Wildman–Crippen MR) is 57.2 cm³/mol. The number of rotatable bonds is 1. The highest BCUT2D eigenvalue weighted by atomic mass is 35.5. The first-order valence-corrected chi connectivity index (χ1v) is 4.66. The van der Waals surface area contributed by atoms with Gasteiger partial charge in [-0.15, -0.1) is 0 Å². The van der Waals surface area contributed by atoms with Gasteiger partial charge < -0.3 is 0 Å². The third-order valence-electron chi connectivity index (χ3n) is 1.99. The maximum absolute atomic E-state index is 10.8. The predicted octanol–water partition coefficient (Wildman–Crippen LogP) is 3.35. The summed E-state index contributed by atoms with van der Waals surface area (Å²) in [4.78, 5) is 14.7. The van der Waals surface area contributed by atoms with E-state index < -0.39 is 0 Å². The molecule has 0 aliphatic carbocycles. The van der Waals surface area contributed by atoms with Crippen LogP contribution in [0.4, 0.5) is 0 Å². The maximum Gasteiger partial charge on any atom is 0.150 e. The van der Waals surface area contributed by atoms with Crippen LogP contribution in [0.5, 0.6) is 0 Å². The Morgan fingerprint density at radius 1 is 1.29 bits per heavy atom. The Morgan fingerprint density at radius 2 is 2.07 bits per heavy atom. The second kappa shape index (κ2) is 3.56. The minimum absolute atomic E-state index is 0.382. The van der Waals surface area contributed by atoms with Crippen molar-refractivity contribution in [3.8, 4) is 0 Å². The molecule has 0 aliphatic rings. The maximum atomic E-state index is 10.8. The molecule has 4 heteroatoms. The molecule has 0 bridgehead atoms. The van der Waals surface area contributed by atoms with E-state index in [4.69, 9.17) is 23.2 Å². The van der Waals surface area contributed by atoms with Crippen molar-refractivity contribution < 1.29 is 4.79 Å². The van der Waals surface area contributed by atoms with Crippen LogP contribution in [-0.4, -0.2) is 11.3 Å². The number of carbonyl (C=O) groups excluding carboxylic acids is 1. The normalized spacial score (nSPS) is 10.4. The summed E-state index contributed by atoms with van der Waals surface area (Å²) in [5, 5.41) is 2.30. The van der Waals surface area contributed by atoms with E-state index in [0.717, 1.165) is 17.1 Å². The van der Waals surface area contributed by atoms with Crippen molar-refractivity contribution in [1.82, 2.24) is 4.98 Å². The summed E-state index contributed by atoms with van der Waals surface area (Å²) < 4.78 is 0. The van der Waals surface area contributed by atoms with E-state index in [1.165, 1.54) is 0 Å². The highest BCUT2D eigenvalue weighted by molar-refractivity contribution is 6.45. The smallest absolute Gasteiger partial charge is 0.150 e. The molecule has 0 N–H and O–H groups in total. The summed E-state index contributed by atoms with van der Waals surface area (Å²) in [6.07, 6.45) is 3.95. The van der Waals surface area contributed by atoms with Crippen LogP contribution in [0.3, 0.4) is 0 Å². The zero-order chi connectivity index (χ0) is 10.1. The van der Waals surface area contributed by atoms with E-state index >= 15 is 0 Å². The summed E-state index contributed by atoms with van der Waals surface area (Å²) in [6.45, 7) is 0. The molecule has 2 aromatic rings. The molecule has 0 unspecified atom stereocenters. The van der Waals surface area contributed by atoms with E-state index in [0.29, 0.717) is 15.6 Å². The number of pyridine rings is 1. The van der Waals surface area contributed by atoms with Crippen molar-refractivity contribution in [2.24, 2.45) is 0 Å². The average molecular weight is 226 g/mol. The van der Waals surface area contributed by atoms with Gasteiger partial charge >= 0.3 is 0 Å². The Hall–Kier alpha value is -1.12. The summed E-state index contributed by atoms with van der Waals surface area (Å²) in [6, 6.07) is 3.28. The molecule has 1 aromatic heterocycles. The molecule has 2 nitrogen and oxygen atoms in total. The topological polar surface area (TPSA) is 30.0 Å². The fraction of sp³-hybridized carbons (Fsp3) is 0. The summed E-state index contributed by atoms with van der Waals surface area (Å²) in [5.41, 5.74) is 0.502. The fourth-order valence-corrected chi connectivity index (χ4v) is 1.76. The third-order valence-corrected chi connectivity index (χ3v) is 2.79. The molecule has 1 aromatic carbocycles. The summed E-state index contributed by atoms with van der Waals surface area (Å²) >= 11 is 11.8. The second-order valence-electron chi connectivity index (χ2n) is 2.80. The highest BCUT2D eigenvalue weighted by Gasteiger charge is 2.08. The molecular weight excluding hydrogens is 221 g/mol. The van der Waals surface area contributed by atoms with Crippen molar-refractivity contribution in [1.29, 1.82) is 0 Å². The van der Waals surface area contributed by atoms with Gasteiger partial charge in [0.15, 0.2) is 6.29 Å². The number of hydrogen-bond donors (Lipinski definition) is 0. The van der Waals surface area contributed by atoms with Crippen molar-refractivity contribution in [2.45, 2.75) is 0 Å². The lowest BCUT2D eigenvalue weighted by atomic mass is 10.1. The zero-order valence-electron chi connectivity index (χ0n) is 7.00. The molecule has 0 saturated carbocycles. The molecule has 14 heavy (non-hydrogen) atoms. The Bertz CT molecular complexity index is 511. The van der Waals surface area contributed by atoms with Crippen LogP contribution in [0.2, 0.25) is 10.0 Å². The van der Waals surface area contributed by atoms with Crippen LogP contribution in [0, 0.1) is 0 Å². The minimum Gasteiger partial charge on any atom is -0.298 e. The SMILES string of the molecule is O=Cc1cc(Cl)c(Cl)c2ccncc12. The number of fused-ring (bicyclic) bond motifs is 1. The number of aldehydes is 1. The number of aromatic nitrogens is 1. The van der Waals surface area contributed by atoms with E-state index in [1.807, 2.05) is 0 Å². The van der Waals surface area contributed by atoms with Gasteiger partial charge in [-0.2, -0.15) is 0 Å². The van der Waals surface area contributed by atoms with Crippen LogP contribution in [0.1, 0.15) is 10.4 Å². The van der Waals surface area contributed by atoms with Gasteiger partial charge in [0, 0.05) is 28.7 Å². The molecule has 1 heterocycles. The molecule has 0 saturated heterocycles. The molecule has 0 radical (unpaired) electrons. The van der Waals surface area contributed by atoms with Crippen LogP contribution in [0.25, 0.3) is 10.8 Å². The van der Waals surface area contributed by atoms with E-state index in [1.54, 1.807) is 24.5 Å². The first-order chi connectivity index (χ1) is 6.74. The molecule has 0 fully saturated rings. The van der Waals surface area contributed by atoms with Gasteiger partial charge in [0.2, 0.25) is 0 Å². The van der Waals surface area contributed by atoms with Gasteiger partial charge in [-0.1, -0.05) is 23.2 Å². The molecule has 0 amide bonds. The van der Waals surface area contributed by atoms with Gasteiger partial charge in [-0.05, 0) is 12.1 Å². The van der Waals surface area contributed by atoms with Crippen molar-refractivity contribution in [2.75, 3.05) is 0 Å². The lowest BCUT2D eigenvalue weighted by Gasteiger charge is -2.04. The average Bonchev–Trinajstić information content (AvgIpc) is 2.23. The summed E-state index contributed by atoms with van der Waals surface area (Å²) in [7, 11) is 0. The number of carbonyl (C=O) groups is 1. The van der Waals surface area contributed by atoms with Crippen LogP contribution >= 0.6 is 23.2 Å². The number of hydrogen-bond acceptors (Lipinski definition) is 2. The van der Waals surface area contributed by atoms with E-state index in [-0.39, 0.29) is 0 Å². The first-order valence-electron chi connectivity index (χ1n) is 3.91. The van der Waals surface area contributed by atoms with Crippen molar-refractivity contribution >= 4 is 40.3 Å². The highest BCUT2D eigenvalue weighted by Crippen LogP contribution is 2.32. The van der Waals surface area contributed by atoms with E-state index in [2.05, 4.69) is 4.98 Å². The van der Waals surface area contributed by atoms with Gasteiger partial charge in [0.05, 0.1) is 10.0 Å². The lowest BCUT2D eigenvalue weighted by Crippen LogP contribution is -1.86. The summed E-state index contributed by atoms with van der Waals surface area (Å²) in [5.74, 6) is 0. The Balaban J connectivity index is 2.96. The van der Waals surface area contributed by atoms with Crippen molar-refractivity contribution in [3.63, 3.8) is 0 Å². The number of halogens is 2. The minimum atomic E-state index is 0.382. The van der Waals surface area contributed by atoms with E-state index in [9.17, 15) is 4.79 Å². The third kappa shape index (κ3) is 1.37. The van der Waals surface area contributed by atoms with Crippen molar-refractivity contribution in [3.05, 3.63) is 40.1 Å². The zero-order valence-corrected chi connectivity index (χ0v) is 8.51. The Morgan fingerprint density at radius 3 is 2.79 bits per heavy atom. The number of nitrogens with zero attached hydrogens (tertiary/aromatic N) is 1.